The lowest BCUT2D eigenvalue weighted by Gasteiger charge is -2.19. The van der Waals surface area contributed by atoms with E-state index < -0.39 is 0 Å². The number of aliphatic hydroxyl groups excluding tert-OH is 1. The van der Waals surface area contributed by atoms with Crippen LogP contribution in [0.2, 0.25) is 0 Å². The SMILES string of the molecule is CCCC(NCc1ccccc1CO)c1cccc([N+](=O)[O-])c1. The summed E-state index contributed by atoms with van der Waals surface area (Å²) in [5.74, 6) is 0. The van der Waals surface area contributed by atoms with Crippen LogP contribution in [0.15, 0.2) is 48.5 Å². The van der Waals surface area contributed by atoms with E-state index in [9.17, 15) is 15.2 Å². The zero-order chi connectivity index (χ0) is 16.7. The minimum atomic E-state index is -0.367. The maximum absolute atomic E-state index is 11.0. The Balaban J connectivity index is 2.15. The van der Waals surface area contributed by atoms with Crippen molar-refractivity contribution in [1.29, 1.82) is 0 Å². The summed E-state index contributed by atoms with van der Waals surface area (Å²) in [4.78, 5) is 10.6. The van der Waals surface area contributed by atoms with E-state index in [1.807, 2.05) is 30.3 Å². The zero-order valence-electron chi connectivity index (χ0n) is 13.2. The molecule has 0 aromatic heterocycles. The van der Waals surface area contributed by atoms with Gasteiger partial charge in [-0.2, -0.15) is 0 Å². The van der Waals surface area contributed by atoms with Crippen LogP contribution in [0.4, 0.5) is 5.69 Å². The predicted octanol–water partition coefficient (Wildman–Crippen LogP) is 3.72. The molecule has 122 valence electrons. The molecule has 2 N–H and O–H groups in total. The Labute approximate surface area is 136 Å². The summed E-state index contributed by atoms with van der Waals surface area (Å²) in [6, 6.07) is 14.6. The molecule has 0 aliphatic carbocycles. The van der Waals surface area contributed by atoms with Gasteiger partial charge >= 0.3 is 0 Å². The van der Waals surface area contributed by atoms with Crippen molar-refractivity contribution in [3.8, 4) is 0 Å². The van der Waals surface area contributed by atoms with Gasteiger partial charge in [0.2, 0.25) is 0 Å². The van der Waals surface area contributed by atoms with E-state index in [-0.39, 0.29) is 23.3 Å². The molecule has 5 heteroatoms. The van der Waals surface area contributed by atoms with Crippen LogP contribution in [-0.2, 0) is 13.2 Å². The van der Waals surface area contributed by atoms with E-state index in [0.29, 0.717) is 6.54 Å². The number of rotatable bonds is 8. The van der Waals surface area contributed by atoms with Crippen LogP contribution in [0.1, 0.15) is 42.5 Å². The molecule has 0 aliphatic rings. The molecule has 0 radical (unpaired) electrons. The number of nitrogens with zero attached hydrogens (tertiary/aromatic N) is 1. The summed E-state index contributed by atoms with van der Waals surface area (Å²) < 4.78 is 0. The molecule has 0 heterocycles. The minimum Gasteiger partial charge on any atom is -0.392 e. The van der Waals surface area contributed by atoms with Crippen LogP contribution < -0.4 is 5.32 Å². The quantitative estimate of drug-likeness (QED) is 0.575. The molecule has 5 nitrogen and oxygen atoms in total. The van der Waals surface area contributed by atoms with Gasteiger partial charge in [-0.05, 0) is 23.1 Å². The summed E-state index contributed by atoms with van der Waals surface area (Å²) in [5.41, 5.74) is 2.97. The fraction of sp³-hybridized carbons (Fsp3) is 0.333. The highest BCUT2D eigenvalue weighted by molar-refractivity contribution is 5.36. The zero-order valence-corrected chi connectivity index (χ0v) is 13.2. The van der Waals surface area contributed by atoms with Crippen LogP contribution >= 0.6 is 0 Å². The van der Waals surface area contributed by atoms with Gasteiger partial charge in [0.15, 0.2) is 0 Å². The number of nitrogens with one attached hydrogen (secondary N) is 1. The number of benzene rings is 2. The third-order valence-electron chi connectivity index (χ3n) is 3.89. The van der Waals surface area contributed by atoms with E-state index in [4.69, 9.17) is 0 Å². The van der Waals surface area contributed by atoms with Gasteiger partial charge in [0.1, 0.15) is 0 Å². The second kappa shape index (κ2) is 8.41. The summed E-state index contributed by atoms with van der Waals surface area (Å²) in [6.45, 7) is 2.71. The molecule has 2 rings (SSSR count). The van der Waals surface area contributed by atoms with Crippen LogP contribution in [0.3, 0.4) is 0 Å². The third-order valence-corrected chi connectivity index (χ3v) is 3.89. The average Bonchev–Trinajstić information content (AvgIpc) is 2.59. The Morgan fingerprint density at radius 2 is 1.91 bits per heavy atom. The van der Waals surface area contributed by atoms with Crippen molar-refractivity contribution < 1.29 is 10.0 Å². The van der Waals surface area contributed by atoms with E-state index in [2.05, 4.69) is 12.2 Å². The molecule has 1 unspecified atom stereocenters. The molecule has 0 aliphatic heterocycles. The predicted molar refractivity (Wildman–Crippen MR) is 89.9 cm³/mol. The molecule has 0 amide bonds. The largest absolute Gasteiger partial charge is 0.392 e. The molecule has 0 saturated carbocycles. The fourth-order valence-electron chi connectivity index (χ4n) is 2.65. The second-order valence-electron chi connectivity index (χ2n) is 5.50. The number of nitro benzene ring substituents is 1. The maximum Gasteiger partial charge on any atom is 0.269 e. The van der Waals surface area contributed by atoms with Gasteiger partial charge < -0.3 is 10.4 Å². The Hall–Kier alpha value is -2.24. The molecule has 2 aromatic carbocycles. The van der Waals surface area contributed by atoms with Gasteiger partial charge in [0, 0.05) is 24.7 Å². The summed E-state index contributed by atoms with van der Waals surface area (Å²) in [6.07, 6.45) is 1.87. The van der Waals surface area contributed by atoms with E-state index >= 15 is 0 Å². The number of hydrogen-bond donors (Lipinski definition) is 2. The molecular formula is C18H22N2O3. The lowest BCUT2D eigenvalue weighted by Crippen LogP contribution is -2.21. The first kappa shape index (κ1) is 17.1. The highest BCUT2D eigenvalue weighted by atomic mass is 16.6. The first-order valence-corrected chi connectivity index (χ1v) is 7.81. The maximum atomic E-state index is 11.0. The number of aliphatic hydroxyl groups is 1. The Morgan fingerprint density at radius 1 is 1.17 bits per heavy atom. The van der Waals surface area contributed by atoms with Gasteiger partial charge in [-0.25, -0.2) is 0 Å². The molecule has 2 aromatic rings. The lowest BCUT2D eigenvalue weighted by molar-refractivity contribution is -0.384. The van der Waals surface area contributed by atoms with Gasteiger partial charge in [-0.1, -0.05) is 49.7 Å². The van der Waals surface area contributed by atoms with Crippen molar-refractivity contribution in [3.05, 3.63) is 75.3 Å². The Morgan fingerprint density at radius 3 is 2.57 bits per heavy atom. The van der Waals surface area contributed by atoms with Crippen LogP contribution in [0.25, 0.3) is 0 Å². The summed E-state index contributed by atoms with van der Waals surface area (Å²) in [7, 11) is 0. The Kier molecular flexibility index (Phi) is 6.26. The van der Waals surface area contributed by atoms with Crippen LogP contribution in [0.5, 0.6) is 0 Å². The highest BCUT2D eigenvalue weighted by Gasteiger charge is 2.14. The molecule has 0 fully saturated rings. The topological polar surface area (TPSA) is 75.4 Å². The van der Waals surface area contributed by atoms with Crippen molar-refractivity contribution in [2.75, 3.05) is 0 Å². The van der Waals surface area contributed by atoms with Crippen molar-refractivity contribution in [3.63, 3.8) is 0 Å². The third kappa shape index (κ3) is 4.61. The monoisotopic (exact) mass is 314 g/mol. The minimum absolute atomic E-state index is 0.00705. The summed E-state index contributed by atoms with van der Waals surface area (Å²) in [5, 5.41) is 23.8. The molecule has 0 spiro atoms. The number of non-ortho nitro benzene ring substituents is 1. The lowest BCUT2D eigenvalue weighted by atomic mass is 10.0. The molecular weight excluding hydrogens is 292 g/mol. The normalized spacial score (nSPS) is 12.1. The average molecular weight is 314 g/mol. The standard InChI is InChI=1S/C18H22N2O3/c1-2-6-18(14-9-5-10-17(11-14)20(22)23)19-12-15-7-3-4-8-16(15)13-21/h3-5,7-11,18-19,21H,2,6,12-13H2,1H3. The van der Waals surface area contributed by atoms with E-state index in [0.717, 1.165) is 29.5 Å². The summed E-state index contributed by atoms with van der Waals surface area (Å²) >= 11 is 0. The molecule has 0 bridgehead atoms. The van der Waals surface area contributed by atoms with Gasteiger partial charge in [0.25, 0.3) is 5.69 Å². The Bertz CT molecular complexity index is 658. The van der Waals surface area contributed by atoms with Gasteiger partial charge in [-0.15, -0.1) is 0 Å². The smallest absolute Gasteiger partial charge is 0.269 e. The molecule has 23 heavy (non-hydrogen) atoms. The first-order chi connectivity index (χ1) is 11.2. The van der Waals surface area contributed by atoms with Crippen LogP contribution in [-0.4, -0.2) is 10.0 Å². The van der Waals surface area contributed by atoms with Crippen molar-refractivity contribution in [2.24, 2.45) is 0 Å². The van der Waals surface area contributed by atoms with Crippen molar-refractivity contribution in [2.45, 2.75) is 39.0 Å². The van der Waals surface area contributed by atoms with Gasteiger partial charge in [-0.3, -0.25) is 10.1 Å². The van der Waals surface area contributed by atoms with Crippen LogP contribution in [0, 0.1) is 10.1 Å². The fourth-order valence-corrected chi connectivity index (χ4v) is 2.65. The van der Waals surface area contributed by atoms with Crippen molar-refractivity contribution >= 4 is 5.69 Å². The second-order valence-corrected chi connectivity index (χ2v) is 5.50. The highest BCUT2D eigenvalue weighted by Crippen LogP contribution is 2.23. The number of nitro groups is 1. The van der Waals surface area contributed by atoms with Crippen molar-refractivity contribution in [1.82, 2.24) is 5.32 Å². The van der Waals surface area contributed by atoms with E-state index in [1.165, 1.54) is 6.07 Å². The molecule has 1 atom stereocenters. The number of hydrogen-bond acceptors (Lipinski definition) is 4. The first-order valence-electron chi connectivity index (χ1n) is 7.81. The van der Waals surface area contributed by atoms with Gasteiger partial charge in [0.05, 0.1) is 11.5 Å². The van der Waals surface area contributed by atoms with E-state index in [1.54, 1.807) is 12.1 Å². The molecule has 0 saturated heterocycles.